The van der Waals surface area contributed by atoms with Crippen LogP contribution in [0.1, 0.15) is 38.8 Å². The van der Waals surface area contributed by atoms with Crippen LogP contribution in [-0.2, 0) is 33.1 Å². The van der Waals surface area contributed by atoms with Crippen molar-refractivity contribution in [3.8, 4) is 0 Å². The first kappa shape index (κ1) is 20.6. The van der Waals surface area contributed by atoms with Gasteiger partial charge in [-0.25, -0.2) is 8.93 Å². The van der Waals surface area contributed by atoms with Crippen molar-refractivity contribution in [1.82, 2.24) is 4.72 Å². The van der Waals surface area contributed by atoms with Gasteiger partial charge in [-0.1, -0.05) is 18.2 Å². The van der Waals surface area contributed by atoms with Gasteiger partial charge in [0.25, 0.3) is 0 Å². The molecule has 0 bridgehead atoms. The molecular formula is C16H22F3NO3S. The smallest absolute Gasteiger partial charge is 0.416 e. The molecule has 1 unspecified atom stereocenters. The first-order valence-corrected chi connectivity index (χ1v) is 8.61. The number of rotatable bonds is 6. The van der Waals surface area contributed by atoms with Crippen molar-refractivity contribution in [2.75, 3.05) is 6.61 Å². The van der Waals surface area contributed by atoms with Crippen LogP contribution < -0.4 is 4.72 Å². The van der Waals surface area contributed by atoms with Crippen molar-refractivity contribution in [1.29, 1.82) is 0 Å². The Morgan fingerprint density at radius 3 is 2.42 bits per heavy atom. The molecule has 4 nitrogen and oxygen atoms in total. The van der Waals surface area contributed by atoms with E-state index in [0.29, 0.717) is 5.56 Å². The number of ether oxygens (including phenoxy) is 1. The van der Waals surface area contributed by atoms with Gasteiger partial charge >= 0.3 is 12.1 Å². The number of hydrogen-bond acceptors (Lipinski definition) is 3. The summed E-state index contributed by atoms with van der Waals surface area (Å²) < 4.78 is 57.6. The molecule has 0 aliphatic rings. The van der Waals surface area contributed by atoms with Crippen LogP contribution in [0.2, 0.25) is 0 Å². The second-order valence-corrected chi connectivity index (χ2v) is 8.20. The van der Waals surface area contributed by atoms with E-state index in [4.69, 9.17) is 4.74 Å². The van der Waals surface area contributed by atoms with Crippen molar-refractivity contribution in [3.05, 3.63) is 35.4 Å². The Morgan fingerprint density at radius 1 is 1.29 bits per heavy atom. The number of esters is 1. The Kier molecular flexibility index (Phi) is 6.97. The summed E-state index contributed by atoms with van der Waals surface area (Å²) in [4.78, 5) is 12.1. The van der Waals surface area contributed by atoms with E-state index in [9.17, 15) is 22.2 Å². The Labute approximate surface area is 142 Å². The lowest BCUT2D eigenvalue weighted by Crippen LogP contribution is -2.45. The lowest BCUT2D eigenvalue weighted by Gasteiger charge is -2.23. The number of halogens is 3. The predicted molar refractivity (Wildman–Crippen MR) is 86.6 cm³/mol. The quantitative estimate of drug-likeness (QED) is 0.788. The molecule has 24 heavy (non-hydrogen) atoms. The van der Waals surface area contributed by atoms with Crippen molar-refractivity contribution >= 4 is 17.0 Å². The van der Waals surface area contributed by atoms with Crippen molar-refractivity contribution in [2.24, 2.45) is 0 Å². The molecular weight excluding hydrogens is 343 g/mol. The van der Waals surface area contributed by atoms with Crippen molar-refractivity contribution in [2.45, 2.75) is 51.1 Å². The van der Waals surface area contributed by atoms with Crippen LogP contribution in [0.5, 0.6) is 0 Å². The van der Waals surface area contributed by atoms with Gasteiger partial charge in [0, 0.05) is 0 Å². The molecule has 8 heteroatoms. The maximum absolute atomic E-state index is 12.8. The summed E-state index contributed by atoms with van der Waals surface area (Å²) in [5, 5.41) is 0. The molecule has 1 N–H and O–H groups in total. The first-order chi connectivity index (χ1) is 10.9. The molecule has 0 fully saturated rings. The molecule has 0 amide bonds. The van der Waals surface area contributed by atoms with Crippen molar-refractivity contribution in [3.63, 3.8) is 0 Å². The van der Waals surface area contributed by atoms with E-state index in [1.165, 1.54) is 12.1 Å². The van der Waals surface area contributed by atoms with Gasteiger partial charge < -0.3 is 4.74 Å². The number of benzene rings is 1. The fourth-order valence-electron chi connectivity index (χ4n) is 1.83. The fourth-order valence-corrected chi connectivity index (χ4v) is 2.62. The molecule has 0 saturated carbocycles. The molecule has 1 aromatic rings. The van der Waals surface area contributed by atoms with Gasteiger partial charge in [-0.15, -0.1) is 0 Å². The summed E-state index contributed by atoms with van der Waals surface area (Å²) in [7, 11) is -1.56. The molecule has 0 saturated heterocycles. The Morgan fingerprint density at radius 2 is 1.92 bits per heavy atom. The van der Waals surface area contributed by atoms with Crippen LogP contribution in [-0.4, -0.2) is 27.6 Å². The minimum atomic E-state index is -4.46. The molecule has 0 aromatic heterocycles. The van der Waals surface area contributed by atoms with E-state index in [1.54, 1.807) is 27.7 Å². The van der Waals surface area contributed by atoms with Crippen LogP contribution in [0.15, 0.2) is 24.3 Å². The van der Waals surface area contributed by atoms with Gasteiger partial charge in [-0.3, -0.25) is 4.79 Å². The van der Waals surface area contributed by atoms with Crippen LogP contribution in [0.4, 0.5) is 13.2 Å². The number of carbonyl (C=O) groups is 1. The molecule has 0 aliphatic carbocycles. The van der Waals surface area contributed by atoms with E-state index in [2.05, 4.69) is 4.72 Å². The Bertz CT molecular complexity index is 597. The third-order valence-corrected chi connectivity index (χ3v) is 4.68. The van der Waals surface area contributed by atoms with Crippen LogP contribution in [0.25, 0.3) is 0 Å². The molecule has 0 radical (unpaired) electrons. The van der Waals surface area contributed by atoms with E-state index in [0.717, 1.165) is 12.1 Å². The summed E-state index contributed by atoms with van der Waals surface area (Å²) in [6, 6.07) is 3.72. The summed E-state index contributed by atoms with van der Waals surface area (Å²) >= 11 is 0. The molecule has 1 aromatic carbocycles. The van der Waals surface area contributed by atoms with Gasteiger partial charge in [0.2, 0.25) is 0 Å². The van der Waals surface area contributed by atoms with Crippen LogP contribution in [0.3, 0.4) is 0 Å². The third-order valence-electron chi connectivity index (χ3n) is 3.07. The lowest BCUT2D eigenvalue weighted by molar-refractivity contribution is -0.145. The maximum Gasteiger partial charge on any atom is 0.416 e. The van der Waals surface area contributed by atoms with Crippen LogP contribution >= 0.6 is 0 Å². The molecule has 0 spiro atoms. The molecule has 136 valence electrons. The summed E-state index contributed by atoms with van der Waals surface area (Å²) in [6.07, 6.45) is -4.51. The number of alkyl halides is 3. The average molecular weight is 365 g/mol. The number of carbonyl (C=O) groups excluding carboxylic acids is 1. The van der Waals surface area contributed by atoms with Crippen LogP contribution in [0, 0.1) is 0 Å². The minimum absolute atomic E-state index is 0.0510. The highest BCUT2D eigenvalue weighted by Gasteiger charge is 2.32. The van der Waals surface area contributed by atoms with E-state index in [1.807, 2.05) is 0 Å². The summed E-state index contributed by atoms with van der Waals surface area (Å²) in [5.41, 5.74) is -0.485. The third kappa shape index (κ3) is 6.24. The summed E-state index contributed by atoms with van der Waals surface area (Å²) in [5.74, 6) is -0.646. The zero-order chi connectivity index (χ0) is 18.5. The van der Waals surface area contributed by atoms with E-state index < -0.39 is 39.5 Å². The topological polar surface area (TPSA) is 55.4 Å². The SMILES string of the molecule is CCOC(=O)[C@@H](Cc1cccc(C(F)(F)F)c1)NS(=O)C(C)(C)C. The van der Waals surface area contributed by atoms with E-state index in [-0.39, 0.29) is 13.0 Å². The van der Waals surface area contributed by atoms with Gasteiger partial charge in [0.05, 0.1) is 27.9 Å². The zero-order valence-electron chi connectivity index (χ0n) is 14.1. The van der Waals surface area contributed by atoms with Gasteiger partial charge in [-0.2, -0.15) is 13.2 Å². The first-order valence-electron chi connectivity index (χ1n) is 7.46. The number of nitrogens with one attached hydrogen (secondary N) is 1. The predicted octanol–water partition coefficient (Wildman–Crippen LogP) is 3.23. The molecule has 0 heterocycles. The maximum atomic E-state index is 12.8. The monoisotopic (exact) mass is 365 g/mol. The standard InChI is InChI=1S/C16H22F3NO3S/c1-5-23-14(21)13(20-24(22)15(2,3)4)10-11-7-6-8-12(9-11)16(17,18)19/h6-9,13,20H,5,10H2,1-4H3/t13-,24?/m1/s1. The van der Waals surface area contributed by atoms with E-state index >= 15 is 0 Å². The average Bonchev–Trinajstić information content (AvgIpc) is 2.45. The Balaban J connectivity index is 3.01. The minimum Gasteiger partial charge on any atom is -0.465 e. The van der Waals surface area contributed by atoms with Gasteiger partial charge in [-0.05, 0) is 45.7 Å². The highest BCUT2D eigenvalue weighted by molar-refractivity contribution is 7.84. The van der Waals surface area contributed by atoms with Crippen molar-refractivity contribution < 1.29 is 26.9 Å². The molecule has 1 rings (SSSR count). The van der Waals surface area contributed by atoms with Gasteiger partial charge in [0.1, 0.15) is 6.04 Å². The highest BCUT2D eigenvalue weighted by atomic mass is 32.2. The molecule has 2 atom stereocenters. The lowest BCUT2D eigenvalue weighted by atomic mass is 10.0. The summed E-state index contributed by atoms with van der Waals surface area (Å²) in [6.45, 7) is 6.93. The number of hydrogen-bond donors (Lipinski definition) is 1. The second-order valence-electron chi connectivity index (χ2n) is 6.21. The highest BCUT2D eigenvalue weighted by Crippen LogP contribution is 2.29. The largest absolute Gasteiger partial charge is 0.465 e. The molecule has 0 aliphatic heterocycles. The normalized spacial score (nSPS) is 15.0. The van der Waals surface area contributed by atoms with Gasteiger partial charge in [0.15, 0.2) is 0 Å². The second kappa shape index (κ2) is 8.11. The zero-order valence-corrected chi connectivity index (χ0v) is 14.9. The Hall–Kier alpha value is -1.41. The fraction of sp³-hybridized carbons (Fsp3) is 0.562.